The molecule has 23 heavy (non-hydrogen) atoms. The second-order valence-electron chi connectivity index (χ2n) is 5.16. The Morgan fingerprint density at radius 2 is 2.00 bits per heavy atom. The zero-order chi connectivity index (χ0) is 16.4. The molecule has 6 heteroatoms. The van der Waals surface area contributed by atoms with E-state index in [0.717, 1.165) is 15.8 Å². The molecule has 0 aliphatic carbocycles. The zero-order valence-corrected chi connectivity index (χ0v) is 14.3. The van der Waals surface area contributed by atoms with Crippen LogP contribution in [0.3, 0.4) is 0 Å². The molecule has 0 fully saturated rings. The number of halogens is 1. The Hall–Kier alpha value is -2.21. The van der Waals surface area contributed by atoms with Crippen LogP contribution in [0.1, 0.15) is 28.9 Å². The van der Waals surface area contributed by atoms with Gasteiger partial charge in [-0.25, -0.2) is 0 Å². The summed E-state index contributed by atoms with van der Waals surface area (Å²) in [6.45, 7) is 2.12. The largest absolute Gasteiger partial charge is 0.496 e. The van der Waals surface area contributed by atoms with Crippen molar-refractivity contribution in [2.45, 2.75) is 13.0 Å². The van der Waals surface area contributed by atoms with Crippen molar-refractivity contribution >= 4 is 21.8 Å². The number of ether oxygens (including phenoxy) is 3. The molecule has 120 valence electrons. The molecule has 0 aromatic heterocycles. The summed E-state index contributed by atoms with van der Waals surface area (Å²) in [5, 5.41) is 2.97. The quantitative estimate of drug-likeness (QED) is 0.882. The van der Waals surface area contributed by atoms with Gasteiger partial charge in [0.1, 0.15) is 5.75 Å². The predicted octanol–water partition coefficient (Wildman–Crippen LogP) is 3.68. The standard InChI is InChI=1S/C17H16BrNO4/c1-10(11-3-5-14(21-2)13(18)7-11)19-17(20)12-4-6-15-16(8-12)23-9-22-15/h3-8,10H,9H2,1-2H3,(H,19,20)/t10-/m1/s1. The molecule has 0 saturated carbocycles. The van der Waals surface area contributed by atoms with Gasteiger partial charge >= 0.3 is 0 Å². The van der Waals surface area contributed by atoms with Gasteiger partial charge in [0, 0.05) is 5.56 Å². The molecular formula is C17H16BrNO4. The molecule has 0 unspecified atom stereocenters. The third kappa shape index (κ3) is 3.27. The summed E-state index contributed by atoms with van der Waals surface area (Å²) >= 11 is 3.45. The fourth-order valence-electron chi connectivity index (χ4n) is 2.35. The van der Waals surface area contributed by atoms with E-state index in [-0.39, 0.29) is 18.7 Å². The van der Waals surface area contributed by atoms with Crippen LogP contribution < -0.4 is 19.5 Å². The van der Waals surface area contributed by atoms with Gasteiger partial charge in [-0.15, -0.1) is 0 Å². The van der Waals surface area contributed by atoms with Crippen LogP contribution in [-0.4, -0.2) is 19.8 Å². The Labute approximate surface area is 142 Å². The summed E-state index contributed by atoms with van der Waals surface area (Å²) in [5.74, 6) is 1.84. The summed E-state index contributed by atoms with van der Waals surface area (Å²) < 4.78 is 16.6. The van der Waals surface area contributed by atoms with Gasteiger partial charge in [0.15, 0.2) is 11.5 Å². The van der Waals surface area contributed by atoms with Crippen molar-refractivity contribution in [3.05, 3.63) is 52.0 Å². The number of nitrogens with one attached hydrogen (secondary N) is 1. The van der Waals surface area contributed by atoms with E-state index in [1.807, 2.05) is 25.1 Å². The van der Waals surface area contributed by atoms with Gasteiger partial charge in [-0.05, 0) is 58.7 Å². The Balaban J connectivity index is 1.73. The van der Waals surface area contributed by atoms with Crippen LogP contribution in [0.5, 0.6) is 17.2 Å². The van der Waals surface area contributed by atoms with Crippen LogP contribution in [-0.2, 0) is 0 Å². The lowest BCUT2D eigenvalue weighted by Gasteiger charge is -2.16. The number of amides is 1. The lowest BCUT2D eigenvalue weighted by Crippen LogP contribution is -2.26. The predicted molar refractivity (Wildman–Crippen MR) is 89.1 cm³/mol. The maximum Gasteiger partial charge on any atom is 0.251 e. The first kappa shape index (κ1) is 15.7. The smallest absolute Gasteiger partial charge is 0.251 e. The summed E-state index contributed by atoms with van der Waals surface area (Å²) in [6, 6.07) is 10.7. The second-order valence-corrected chi connectivity index (χ2v) is 6.01. The fraction of sp³-hybridized carbons (Fsp3) is 0.235. The Morgan fingerprint density at radius 3 is 2.74 bits per heavy atom. The molecule has 1 amide bonds. The van der Waals surface area contributed by atoms with E-state index in [9.17, 15) is 4.79 Å². The van der Waals surface area contributed by atoms with Crippen LogP contribution in [0, 0.1) is 0 Å². The Bertz CT molecular complexity index is 747. The first-order valence-corrected chi connectivity index (χ1v) is 7.91. The lowest BCUT2D eigenvalue weighted by molar-refractivity contribution is 0.0939. The van der Waals surface area contributed by atoms with Gasteiger partial charge < -0.3 is 19.5 Å². The van der Waals surface area contributed by atoms with Crippen molar-refractivity contribution in [2.75, 3.05) is 13.9 Å². The van der Waals surface area contributed by atoms with Gasteiger partial charge in [-0.2, -0.15) is 0 Å². The van der Waals surface area contributed by atoms with Crippen molar-refractivity contribution in [1.29, 1.82) is 0 Å². The van der Waals surface area contributed by atoms with Gasteiger partial charge in [0.05, 0.1) is 17.6 Å². The molecular weight excluding hydrogens is 362 g/mol. The van der Waals surface area contributed by atoms with Crippen molar-refractivity contribution in [1.82, 2.24) is 5.32 Å². The summed E-state index contributed by atoms with van der Waals surface area (Å²) in [5.41, 5.74) is 1.51. The fourth-order valence-corrected chi connectivity index (χ4v) is 2.91. The van der Waals surface area contributed by atoms with E-state index in [0.29, 0.717) is 17.1 Å². The normalized spacial score (nSPS) is 13.5. The zero-order valence-electron chi connectivity index (χ0n) is 12.8. The number of hydrogen-bond donors (Lipinski definition) is 1. The SMILES string of the molecule is COc1ccc([C@@H](C)NC(=O)c2ccc3c(c2)OCO3)cc1Br. The molecule has 0 saturated heterocycles. The van der Waals surface area contributed by atoms with E-state index in [1.165, 1.54) is 0 Å². The molecule has 1 N–H and O–H groups in total. The van der Waals surface area contributed by atoms with Crippen LogP contribution in [0.25, 0.3) is 0 Å². The topological polar surface area (TPSA) is 56.8 Å². The van der Waals surface area contributed by atoms with Gasteiger partial charge in [0.25, 0.3) is 5.91 Å². The Morgan fingerprint density at radius 1 is 1.22 bits per heavy atom. The molecule has 3 rings (SSSR count). The molecule has 5 nitrogen and oxygen atoms in total. The minimum atomic E-state index is -0.164. The molecule has 1 aliphatic rings. The van der Waals surface area contributed by atoms with Gasteiger partial charge in [0.2, 0.25) is 6.79 Å². The van der Waals surface area contributed by atoms with E-state index in [1.54, 1.807) is 25.3 Å². The molecule has 0 radical (unpaired) electrons. The second kappa shape index (κ2) is 6.50. The van der Waals surface area contributed by atoms with Crippen LogP contribution in [0.15, 0.2) is 40.9 Å². The maximum absolute atomic E-state index is 12.4. The number of benzene rings is 2. The van der Waals surface area contributed by atoms with Crippen molar-refractivity contribution in [3.63, 3.8) is 0 Å². The summed E-state index contributed by atoms with van der Waals surface area (Å²) in [6.07, 6.45) is 0. The highest BCUT2D eigenvalue weighted by molar-refractivity contribution is 9.10. The Kier molecular flexibility index (Phi) is 4.43. The molecule has 2 aromatic rings. The number of rotatable bonds is 4. The number of carbonyl (C=O) groups is 1. The first-order valence-electron chi connectivity index (χ1n) is 7.12. The minimum absolute atomic E-state index is 0.143. The molecule has 1 atom stereocenters. The first-order chi connectivity index (χ1) is 11.1. The molecule has 2 aromatic carbocycles. The molecule has 1 aliphatic heterocycles. The number of hydrogen-bond acceptors (Lipinski definition) is 4. The average Bonchev–Trinajstić information content (AvgIpc) is 3.02. The highest BCUT2D eigenvalue weighted by Crippen LogP contribution is 2.33. The van der Waals surface area contributed by atoms with E-state index in [4.69, 9.17) is 14.2 Å². The third-order valence-corrected chi connectivity index (χ3v) is 4.28. The molecule has 0 spiro atoms. The van der Waals surface area contributed by atoms with Crippen molar-refractivity contribution in [3.8, 4) is 17.2 Å². The maximum atomic E-state index is 12.4. The van der Waals surface area contributed by atoms with Crippen LogP contribution in [0.2, 0.25) is 0 Å². The monoisotopic (exact) mass is 377 g/mol. The number of carbonyl (C=O) groups excluding carboxylic acids is 1. The van der Waals surface area contributed by atoms with Crippen molar-refractivity contribution < 1.29 is 19.0 Å². The summed E-state index contributed by atoms with van der Waals surface area (Å²) in [7, 11) is 1.62. The van der Waals surface area contributed by atoms with Gasteiger partial charge in [-0.3, -0.25) is 4.79 Å². The lowest BCUT2D eigenvalue weighted by atomic mass is 10.1. The molecule has 1 heterocycles. The highest BCUT2D eigenvalue weighted by Gasteiger charge is 2.18. The average molecular weight is 378 g/mol. The number of fused-ring (bicyclic) bond motifs is 1. The van der Waals surface area contributed by atoms with Crippen LogP contribution >= 0.6 is 15.9 Å². The van der Waals surface area contributed by atoms with Gasteiger partial charge in [-0.1, -0.05) is 6.07 Å². The van der Waals surface area contributed by atoms with E-state index in [2.05, 4.69) is 21.2 Å². The number of methoxy groups -OCH3 is 1. The van der Waals surface area contributed by atoms with E-state index >= 15 is 0 Å². The summed E-state index contributed by atoms with van der Waals surface area (Å²) in [4.78, 5) is 12.4. The minimum Gasteiger partial charge on any atom is -0.496 e. The third-order valence-electron chi connectivity index (χ3n) is 3.66. The van der Waals surface area contributed by atoms with Crippen LogP contribution in [0.4, 0.5) is 0 Å². The molecule has 0 bridgehead atoms. The van der Waals surface area contributed by atoms with Crippen molar-refractivity contribution in [2.24, 2.45) is 0 Å². The highest BCUT2D eigenvalue weighted by atomic mass is 79.9. The van der Waals surface area contributed by atoms with E-state index < -0.39 is 0 Å².